The van der Waals surface area contributed by atoms with Crippen LogP contribution < -0.4 is 0 Å². The zero-order valence-electron chi connectivity index (χ0n) is 8.40. The molecule has 0 aromatic carbocycles. The van der Waals surface area contributed by atoms with Crippen molar-refractivity contribution in [2.45, 2.75) is 25.7 Å². The first kappa shape index (κ1) is 12.9. The Kier molecular flexibility index (Phi) is 6.74. The number of aliphatic carboxylic acids is 2. The van der Waals surface area contributed by atoms with Gasteiger partial charge in [0.25, 0.3) is 0 Å². The second-order valence-electron chi connectivity index (χ2n) is 3.30. The van der Waals surface area contributed by atoms with E-state index in [1.54, 1.807) is 0 Å². The summed E-state index contributed by atoms with van der Waals surface area (Å²) in [6.07, 6.45) is 1.56. The fourth-order valence-electron chi connectivity index (χ4n) is 1.11. The highest BCUT2D eigenvalue weighted by Gasteiger charge is 2.02. The van der Waals surface area contributed by atoms with Gasteiger partial charge in [0.05, 0.1) is 0 Å². The van der Waals surface area contributed by atoms with Crippen molar-refractivity contribution in [1.29, 1.82) is 0 Å². The van der Waals surface area contributed by atoms with Crippen LogP contribution in [-0.2, 0) is 9.59 Å². The third kappa shape index (κ3) is 8.99. The highest BCUT2D eigenvalue weighted by molar-refractivity contribution is 5.66. The summed E-state index contributed by atoms with van der Waals surface area (Å²) in [4.78, 5) is 22.3. The van der Waals surface area contributed by atoms with Crippen LogP contribution in [0.15, 0.2) is 0 Å². The lowest BCUT2D eigenvalue weighted by Gasteiger charge is -2.14. The van der Waals surface area contributed by atoms with Crippen LogP contribution in [-0.4, -0.2) is 47.2 Å². The Bertz CT molecular complexity index is 173. The van der Waals surface area contributed by atoms with Crippen LogP contribution in [0.3, 0.4) is 0 Å². The quantitative estimate of drug-likeness (QED) is 0.605. The van der Waals surface area contributed by atoms with Crippen LogP contribution in [0.4, 0.5) is 0 Å². The van der Waals surface area contributed by atoms with Crippen LogP contribution in [0.25, 0.3) is 0 Å². The molecule has 0 heterocycles. The lowest BCUT2D eigenvalue weighted by molar-refractivity contribution is -0.138. The molecule has 0 amide bonds. The van der Waals surface area contributed by atoms with Crippen molar-refractivity contribution in [2.75, 3.05) is 20.1 Å². The summed E-state index contributed by atoms with van der Waals surface area (Å²) in [5.41, 5.74) is 0. The van der Waals surface area contributed by atoms with Crippen molar-refractivity contribution >= 4 is 11.9 Å². The van der Waals surface area contributed by atoms with Gasteiger partial charge in [0, 0.05) is 12.8 Å². The summed E-state index contributed by atoms with van der Waals surface area (Å²) >= 11 is 0. The maximum atomic E-state index is 10.2. The molecule has 14 heavy (non-hydrogen) atoms. The lowest BCUT2D eigenvalue weighted by atomic mass is 10.2. The molecule has 0 fully saturated rings. The second-order valence-corrected chi connectivity index (χ2v) is 3.30. The number of hydrogen-bond acceptors (Lipinski definition) is 3. The van der Waals surface area contributed by atoms with E-state index in [1.807, 2.05) is 11.9 Å². The summed E-state index contributed by atoms with van der Waals surface area (Å²) in [5.74, 6) is -1.58. The van der Waals surface area contributed by atoms with Crippen LogP contribution in [0, 0.1) is 0 Å². The molecule has 0 bridgehead atoms. The summed E-state index contributed by atoms with van der Waals surface area (Å²) in [6.45, 7) is 1.40. The zero-order valence-corrected chi connectivity index (χ0v) is 8.40. The van der Waals surface area contributed by atoms with E-state index in [9.17, 15) is 9.59 Å². The topological polar surface area (TPSA) is 77.8 Å². The first-order valence-electron chi connectivity index (χ1n) is 4.64. The van der Waals surface area contributed by atoms with Gasteiger partial charge in [-0.3, -0.25) is 9.59 Å². The molecule has 5 nitrogen and oxygen atoms in total. The summed E-state index contributed by atoms with van der Waals surface area (Å²) in [6, 6.07) is 0. The van der Waals surface area contributed by atoms with E-state index < -0.39 is 11.9 Å². The Morgan fingerprint density at radius 2 is 1.36 bits per heavy atom. The Morgan fingerprint density at radius 1 is 1.00 bits per heavy atom. The van der Waals surface area contributed by atoms with Gasteiger partial charge in [-0.15, -0.1) is 0 Å². The van der Waals surface area contributed by atoms with Crippen molar-refractivity contribution < 1.29 is 19.8 Å². The highest BCUT2D eigenvalue weighted by Crippen LogP contribution is 1.96. The molecule has 0 aromatic rings. The van der Waals surface area contributed by atoms with Gasteiger partial charge < -0.3 is 15.1 Å². The number of nitrogens with zero attached hydrogens (tertiary/aromatic N) is 1. The number of carboxylic acids is 2. The predicted molar refractivity (Wildman–Crippen MR) is 51.2 cm³/mol. The Morgan fingerprint density at radius 3 is 1.64 bits per heavy atom. The van der Waals surface area contributed by atoms with Crippen LogP contribution >= 0.6 is 0 Å². The molecular weight excluding hydrogens is 186 g/mol. The van der Waals surface area contributed by atoms with Gasteiger partial charge in [0.15, 0.2) is 0 Å². The van der Waals surface area contributed by atoms with Crippen molar-refractivity contribution in [2.24, 2.45) is 0 Å². The maximum Gasteiger partial charge on any atom is 0.303 e. The molecule has 2 N–H and O–H groups in total. The Labute approximate surface area is 83.3 Å². The van der Waals surface area contributed by atoms with Crippen molar-refractivity contribution in [3.63, 3.8) is 0 Å². The molecule has 0 spiro atoms. The molecule has 0 saturated heterocycles. The molecule has 0 aliphatic rings. The molecule has 0 unspecified atom stereocenters. The molecule has 5 heteroatoms. The summed E-state index contributed by atoms with van der Waals surface area (Å²) in [7, 11) is 1.86. The summed E-state index contributed by atoms with van der Waals surface area (Å²) < 4.78 is 0. The molecule has 82 valence electrons. The van der Waals surface area contributed by atoms with Gasteiger partial charge in [-0.05, 0) is 33.0 Å². The van der Waals surface area contributed by atoms with E-state index >= 15 is 0 Å². The molecule has 0 aliphatic heterocycles. The third-order valence-corrected chi connectivity index (χ3v) is 1.86. The van der Waals surface area contributed by atoms with E-state index in [0.29, 0.717) is 25.9 Å². The minimum atomic E-state index is -0.788. The smallest absolute Gasteiger partial charge is 0.303 e. The monoisotopic (exact) mass is 203 g/mol. The predicted octanol–water partition coefficient (Wildman–Crippen LogP) is 0.648. The fourth-order valence-corrected chi connectivity index (χ4v) is 1.11. The zero-order chi connectivity index (χ0) is 11.0. The second kappa shape index (κ2) is 7.32. The number of rotatable bonds is 8. The molecule has 0 rings (SSSR count). The van der Waals surface area contributed by atoms with Crippen LogP contribution in [0.5, 0.6) is 0 Å². The van der Waals surface area contributed by atoms with E-state index in [4.69, 9.17) is 10.2 Å². The van der Waals surface area contributed by atoms with Gasteiger partial charge >= 0.3 is 11.9 Å². The molecule has 0 aliphatic carbocycles. The van der Waals surface area contributed by atoms with E-state index in [1.165, 1.54) is 0 Å². The average molecular weight is 203 g/mol. The van der Waals surface area contributed by atoms with Crippen molar-refractivity contribution in [1.82, 2.24) is 4.90 Å². The van der Waals surface area contributed by atoms with Gasteiger partial charge in [0.2, 0.25) is 0 Å². The third-order valence-electron chi connectivity index (χ3n) is 1.86. The van der Waals surface area contributed by atoms with Gasteiger partial charge in [-0.25, -0.2) is 0 Å². The van der Waals surface area contributed by atoms with E-state index in [-0.39, 0.29) is 12.8 Å². The minimum Gasteiger partial charge on any atom is -0.481 e. The normalized spacial score (nSPS) is 10.4. The SMILES string of the molecule is CN(CCCC(=O)O)CCCC(=O)O. The fraction of sp³-hybridized carbons (Fsp3) is 0.778. The standard InChI is InChI=1S/C9H17NO4/c1-10(6-2-4-8(11)12)7-3-5-9(13)14/h2-7H2,1H3,(H,11,12)(H,13,14). The van der Waals surface area contributed by atoms with Gasteiger partial charge in [0.1, 0.15) is 0 Å². The van der Waals surface area contributed by atoms with Crippen LogP contribution in [0.2, 0.25) is 0 Å². The van der Waals surface area contributed by atoms with Gasteiger partial charge in [-0.2, -0.15) is 0 Å². The van der Waals surface area contributed by atoms with Crippen LogP contribution in [0.1, 0.15) is 25.7 Å². The largest absolute Gasteiger partial charge is 0.481 e. The van der Waals surface area contributed by atoms with E-state index in [2.05, 4.69) is 0 Å². The maximum absolute atomic E-state index is 10.2. The van der Waals surface area contributed by atoms with Gasteiger partial charge in [-0.1, -0.05) is 0 Å². The summed E-state index contributed by atoms with van der Waals surface area (Å²) in [5, 5.41) is 16.8. The first-order chi connectivity index (χ1) is 6.52. The van der Waals surface area contributed by atoms with Crippen molar-refractivity contribution in [3.05, 3.63) is 0 Å². The first-order valence-corrected chi connectivity index (χ1v) is 4.64. The minimum absolute atomic E-state index is 0.170. The highest BCUT2D eigenvalue weighted by atomic mass is 16.4. The van der Waals surface area contributed by atoms with Crippen molar-refractivity contribution in [3.8, 4) is 0 Å². The van der Waals surface area contributed by atoms with E-state index in [0.717, 1.165) is 0 Å². The lowest BCUT2D eigenvalue weighted by Crippen LogP contribution is -2.22. The molecule has 0 aromatic heterocycles. The number of carboxylic acid groups (broad SMARTS) is 2. The Balaban J connectivity index is 3.32. The Hall–Kier alpha value is -1.10. The molecule has 0 atom stereocenters. The average Bonchev–Trinajstić information content (AvgIpc) is 2.02. The number of carbonyl (C=O) groups is 2. The molecule has 0 radical (unpaired) electrons. The number of hydrogen-bond donors (Lipinski definition) is 2. The molecule has 0 saturated carbocycles. The molecular formula is C9H17NO4.